The molecule has 4 amide bonds. The third-order valence-corrected chi connectivity index (χ3v) is 5.54. The van der Waals surface area contributed by atoms with Crippen LogP contribution < -0.4 is 21.3 Å². The second-order valence-electron chi connectivity index (χ2n) is 8.93. The SMILES string of the molecule is C=C(C)C(=O)N[C@@H](Cc1ccccc1)C(=O)NCCCNC(=O)[C@H](Cc1ccccc1)NC(=O)C(=C)C. The first-order chi connectivity index (χ1) is 17.7. The van der Waals surface area contributed by atoms with E-state index in [1.165, 1.54) is 0 Å². The van der Waals surface area contributed by atoms with Gasteiger partial charge in [0.1, 0.15) is 12.1 Å². The number of nitrogens with one attached hydrogen (secondary N) is 4. The number of carbonyl (C=O) groups excluding carboxylic acids is 4. The molecule has 2 rings (SSSR count). The molecule has 0 saturated carbocycles. The summed E-state index contributed by atoms with van der Waals surface area (Å²) >= 11 is 0. The van der Waals surface area contributed by atoms with Crippen molar-refractivity contribution in [3.8, 4) is 0 Å². The van der Waals surface area contributed by atoms with Gasteiger partial charge in [-0.05, 0) is 31.4 Å². The number of hydrogen-bond acceptors (Lipinski definition) is 4. The minimum Gasteiger partial charge on any atom is -0.354 e. The Morgan fingerprint density at radius 1 is 0.649 bits per heavy atom. The van der Waals surface area contributed by atoms with Gasteiger partial charge in [0.2, 0.25) is 23.6 Å². The van der Waals surface area contributed by atoms with Crippen LogP contribution in [0, 0.1) is 0 Å². The Bertz CT molecular complexity index is 1010. The van der Waals surface area contributed by atoms with Gasteiger partial charge in [-0.25, -0.2) is 0 Å². The van der Waals surface area contributed by atoms with Crippen LogP contribution in [0.3, 0.4) is 0 Å². The highest BCUT2D eigenvalue weighted by molar-refractivity contribution is 5.96. The van der Waals surface area contributed by atoms with Crippen molar-refractivity contribution >= 4 is 23.6 Å². The van der Waals surface area contributed by atoms with E-state index in [0.29, 0.717) is 43.5 Å². The average Bonchev–Trinajstić information content (AvgIpc) is 2.88. The summed E-state index contributed by atoms with van der Waals surface area (Å²) in [6, 6.07) is 17.3. The summed E-state index contributed by atoms with van der Waals surface area (Å²) in [5, 5.41) is 11.1. The molecule has 0 heterocycles. The zero-order chi connectivity index (χ0) is 27.2. The summed E-state index contributed by atoms with van der Waals surface area (Å²) in [6.07, 6.45) is 1.15. The number of amides is 4. The molecule has 0 aliphatic carbocycles. The van der Waals surface area contributed by atoms with E-state index < -0.39 is 12.1 Å². The van der Waals surface area contributed by atoms with Crippen LogP contribution in [0.15, 0.2) is 85.0 Å². The highest BCUT2D eigenvalue weighted by Crippen LogP contribution is 2.06. The molecular formula is C29H36N4O4. The molecule has 8 heteroatoms. The molecule has 0 radical (unpaired) electrons. The van der Waals surface area contributed by atoms with Gasteiger partial charge in [-0.2, -0.15) is 0 Å². The summed E-state index contributed by atoms with van der Waals surface area (Å²) in [4.78, 5) is 49.9. The maximum absolute atomic E-state index is 12.8. The Labute approximate surface area is 218 Å². The largest absolute Gasteiger partial charge is 0.354 e. The molecule has 2 aromatic carbocycles. The standard InChI is InChI=1S/C29H36N4O4/c1-20(2)26(34)32-24(18-22-12-7-5-8-13-22)28(36)30-16-11-17-31-29(37)25(33-27(35)21(3)4)19-23-14-9-6-10-15-23/h5-10,12-15,24-25H,1,3,11,16-19H2,2,4H3,(H,30,36)(H,31,37)(H,32,34)(H,33,35)/t24-,25-/m0/s1. The van der Waals surface area contributed by atoms with E-state index in [9.17, 15) is 19.2 Å². The Kier molecular flexibility index (Phi) is 11.8. The van der Waals surface area contributed by atoms with Crippen LogP contribution in [-0.4, -0.2) is 48.8 Å². The highest BCUT2D eigenvalue weighted by Gasteiger charge is 2.22. The molecule has 196 valence electrons. The smallest absolute Gasteiger partial charge is 0.246 e. The van der Waals surface area contributed by atoms with E-state index in [-0.39, 0.29) is 23.6 Å². The van der Waals surface area contributed by atoms with Gasteiger partial charge in [0.05, 0.1) is 0 Å². The van der Waals surface area contributed by atoms with E-state index in [2.05, 4.69) is 34.4 Å². The Morgan fingerprint density at radius 2 is 1.00 bits per heavy atom. The molecule has 0 aromatic heterocycles. The minimum absolute atomic E-state index is 0.300. The van der Waals surface area contributed by atoms with Crippen molar-refractivity contribution in [2.45, 2.75) is 45.2 Å². The first kappa shape index (κ1) is 29.0. The van der Waals surface area contributed by atoms with Crippen LogP contribution in [0.5, 0.6) is 0 Å². The zero-order valence-corrected chi connectivity index (χ0v) is 21.5. The molecule has 2 atom stereocenters. The van der Waals surface area contributed by atoms with E-state index in [4.69, 9.17) is 0 Å². The quantitative estimate of drug-likeness (QED) is 0.233. The molecule has 0 fully saturated rings. The van der Waals surface area contributed by atoms with Crippen molar-refractivity contribution in [2.24, 2.45) is 0 Å². The number of rotatable bonds is 14. The van der Waals surface area contributed by atoms with Crippen LogP contribution >= 0.6 is 0 Å². The van der Waals surface area contributed by atoms with Crippen molar-refractivity contribution in [1.82, 2.24) is 21.3 Å². The predicted octanol–water partition coefficient (Wildman–Crippen LogP) is 2.22. The van der Waals surface area contributed by atoms with Gasteiger partial charge in [0.15, 0.2) is 0 Å². The molecule has 0 saturated heterocycles. The van der Waals surface area contributed by atoms with E-state index in [1.807, 2.05) is 60.7 Å². The molecule has 0 unspecified atom stereocenters. The van der Waals surface area contributed by atoms with Gasteiger partial charge in [-0.1, -0.05) is 73.8 Å². The molecule has 2 aromatic rings. The van der Waals surface area contributed by atoms with Gasteiger partial charge < -0.3 is 21.3 Å². The normalized spacial score (nSPS) is 11.9. The molecular weight excluding hydrogens is 468 g/mol. The third-order valence-electron chi connectivity index (χ3n) is 5.54. The first-order valence-electron chi connectivity index (χ1n) is 12.2. The van der Waals surface area contributed by atoms with Gasteiger partial charge in [-0.15, -0.1) is 0 Å². The fourth-order valence-corrected chi connectivity index (χ4v) is 3.44. The lowest BCUT2D eigenvalue weighted by atomic mass is 10.0. The monoisotopic (exact) mass is 504 g/mol. The lowest BCUT2D eigenvalue weighted by Crippen LogP contribution is -2.49. The Balaban J connectivity index is 1.88. The maximum atomic E-state index is 12.8. The molecule has 0 aliphatic heterocycles. The summed E-state index contributed by atoms with van der Waals surface area (Å²) in [5.41, 5.74) is 2.46. The van der Waals surface area contributed by atoms with Crippen molar-refractivity contribution in [1.29, 1.82) is 0 Å². The van der Waals surface area contributed by atoms with E-state index in [1.54, 1.807) is 13.8 Å². The second-order valence-corrected chi connectivity index (χ2v) is 8.93. The average molecular weight is 505 g/mol. The zero-order valence-electron chi connectivity index (χ0n) is 21.5. The predicted molar refractivity (Wildman–Crippen MR) is 144 cm³/mol. The molecule has 0 bridgehead atoms. The van der Waals surface area contributed by atoms with E-state index >= 15 is 0 Å². The van der Waals surface area contributed by atoms with Gasteiger partial charge in [-0.3, -0.25) is 19.2 Å². The van der Waals surface area contributed by atoms with Crippen LogP contribution in [0.4, 0.5) is 0 Å². The van der Waals surface area contributed by atoms with Crippen LogP contribution in [0.1, 0.15) is 31.4 Å². The van der Waals surface area contributed by atoms with Gasteiger partial charge in [0, 0.05) is 37.1 Å². The first-order valence-corrected chi connectivity index (χ1v) is 12.2. The Hall–Kier alpha value is -4.20. The summed E-state index contributed by atoms with van der Waals surface area (Å²) in [6.45, 7) is 11.0. The molecule has 37 heavy (non-hydrogen) atoms. The van der Waals surface area contributed by atoms with Crippen molar-refractivity contribution in [2.75, 3.05) is 13.1 Å². The highest BCUT2D eigenvalue weighted by atomic mass is 16.2. The van der Waals surface area contributed by atoms with Crippen molar-refractivity contribution in [3.63, 3.8) is 0 Å². The van der Waals surface area contributed by atoms with Gasteiger partial charge in [0.25, 0.3) is 0 Å². The summed E-state index contributed by atoms with van der Waals surface area (Å²) in [7, 11) is 0. The van der Waals surface area contributed by atoms with Crippen molar-refractivity contribution < 1.29 is 19.2 Å². The molecule has 8 nitrogen and oxygen atoms in total. The molecule has 0 spiro atoms. The minimum atomic E-state index is -0.756. The fraction of sp³-hybridized carbons (Fsp3) is 0.310. The van der Waals surface area contributed by atoms with Crippen LogP contribution in [0.25, 0.3) is 0 Å². The maximum Gasteiger partial charge on any atom is 0.246 e. The van der Waals surface area contributed by atoms with Crippen LogP contribution in [-0.2, 0) is 32.0 Å². The van der Waals surface area contributed by atoms with Crippen LogP contribution in [0.2, 0.25) is 0 Å². The summed E-state index contributed by atoms with van der Waals surface area (Å²) < 4.78 is 0. The second kappa shape index (κ2) is 15.0. The molecule has 0 aliphatic rings. The topological polar surface area (TPSA) is 116 Å². The van der Waals surface area contributed by atoms with Gasteiger partial charge >= 0.3 is 0 Å². The Morgan fingerprint density at radius 3 is 1.32 bits per heavy atom. The molecule has 4 N–H and O–H groups in total. The number of benzene rings is 2. The number of hydrogen-bond donors (Lipinski definition) is 4. The van der Waals surface area contributed by atoms with Crippen molar-refractivity contribution in [3.05, 3.63) is 96.1 Å². The lowest BCUT2D eigenvalue weighted by molar-refractivity contribution is -0.127. The third kappa shape index (κ3) is 10.5. The fourth-order valence-electron chi connectivity index (χ4n) is 3.44. The lowest BCUT2D eigenvalue weighted by Gasteiger charge is -2.20. The summed E-state index contributed by atoms with van der Waals surface area (Å²) in [5.74, 6) is -1.41. The number of carbonyl (C=O) groups is 4. The van der Waals surface area contributed by atoms with E-state index in [0.717, 1.165) is 11.1 Å².